The SMILES string of the molecule is CCCC(=O)NC(=S)Nc1ccc(N2CCN(C(=O)C(C)(C)C)CC2)c(Cl)c1. The minimum Gasteiger partial charge on any atom is -0.367 e. The second-order valence-electron chi connectivity index (χ2n) is 7.95. The quantitative estimate of drug-likeness (QED) is 0.722. The lowest BCUT2D eigenvalue weighted by molar-refractivity contribution is -0.139. The van der Waals surface area contributed by atoms with E-state index in [4.69, 9.17) is 23.8 Å². The first kappa shape index (κ1) is 22.4. The summed E-state index contributed by atoms with van der Waals surface area (Å²) in [6.07, 6.45) is 1.20. The van der Waals surface area contributed by atoms with Crippen molar-refractivity contribution in [1.29, 1.82) is 0 Å². The molecule has 1 aromatic rings. The van der Waals surface area contributed by atoms with Crippen molar-refractivity contribution < 1.29 is 9.59 Å². The van der Waals surface area contributed by atoms with Crippen molar-refractivity contribution >= 4 is 52.1 Å². The minimum atomic E-state index is -0.363. The van der Waals surface area contributed by atoms with E-state index in [1.54, 1.807) is 6.07 Å². The van der Waals surface area contributed by atoms with Crippen LogP contribution in [0, 0.1) is 5.41 Å². The van der Waals surface area contributed by atoms with E-state index in [-0.39, 0.29) is 22.3 Å². The van der Waals surface area contributed by atoms with Crippen LogP contribution in [-0.2, 0) is 9.59 Å². The Balaban J connectivity index is 1.95. The summed E-state index contributed by atoms with van der Waals surface area (Å²) >= 11 is 11.6. The zero-order valence-electron chi connectivity index (χ0n) is 17.0. The predicted octanol–water partition coefficient (Wildman–Crippen LogP) is 3.65. The molecular weight excluding hydrogens is 396 g/mol. The largest absolute Gasteiger partial charge is 0.367 e. The standard InChI is InChI=1S/C20H29ClN4O2S/c1-5-6-17(26)23-19(28)22-14-7-8-16(15(21)13-14)24-9-11-25(12-10-24)18(27)20(2,3)4/h7-8,13H,5-6,9-12H2,1-4H3,(H2,22,23,26,28). The summed E-state index contributed by atoms with van der Waals surface area (Å²) in [6, 6.07) is 5.61. The minimum absolute atomic E-state index is 0.106. The first-order chi connectivity index (χ1) is 13.1. The van der Waals surface area contributed by atoms with Gasteiger partial charge in [-0.2, -0.15) is 0 Å². The Morgan fingerprint density at radius 2 is 1.82 bits per heavy atom. The molecule has 1 aromatic carbocycles. The number of thiocarbonyl (C=S) groups is 1. The van der Waals surface area contributed by atoms with Crippen LogP contribution >= 0.6 is 23.8 Å². The van der Waals surface area contributed by atoms with Gasteiger partial charge in [0, 0.05) is 43.7 Å². The zero-order chi connectivity index (χ0) is 20.9. The third kappa shape index (κ3) is 6.07. The van der Waals surface area contributed by atoms with E-state index in [1.807, 2.05) is 44.7 Å². The van der Waals surface area contributed by atoms with Gasteiger partial charge in [0.1, 0.15) is 0 Å². The molecule has 1 saturated heterocycles. The van der Waals surface area contributed by atoms with Crippen LogP contribution in [0.3, 0.4) is 0 Å². The highest BCUT2D eigenvalue weighted by Gasteiger charge is 2.30. The first-order valence-electron chi connectivity index (χ1n) is 9.56. The fourth-order valence-corrected chi connectivity index (χ4v) is 3.58. The topological polar surface area (TPSA) is 64.7 Å². The predicted molar refractivity (Wildman–Crippen MR) is 119 cm³/mol. The summed E-state index contributed by atoms with van der Waals surface area (Å²) in [6.45, 7) is 10.6. The maximum atomic E-state index is 12.4. The number of carbonyl (C=O) groups excluding carboxylic acids is 2. The molecule has 0 aliphatic carbocycles. The summed E-state index contributed by atoms with van der Waals surface area (Å²) in [5, 5.41) is 6.49. The maximum absolute atomic E-state index is 12.4. The highest BCUT2D eigenvalue weighted by molar-refractivity contribution is 7.80. The molecule has 8 heteroatoms. The van der Waals surface area contributed by atoms with Crippen molar-refractivity contribution in [2.75, 3.05) is 36.4 Å². The second-order valence-corrected chi connectivity index (χ2v) is 8.76. The third-order valence-electron chi connectivity index (χ3n) is 4.48. The summed E-state index contributed by atoms with van der Waals surface area (Å²) < 4.78 is 0. The van der Waals surface area contributed by atoms with Crippen molar-refractivity contribution in [3.8, 4) is 0 Å². The summed E-state index contributed by atoms with van der Waals surface area (Å²) in [7, 11) is 0. The van der Waals surface area contributed by atoms with Gasteiger partial charge in [0.2, 0.25) is 11.8 Å². The van der Waals surface area contributed by atoms with E-state index in [9.17, 15) is 9.59 Å². The number of nitrogens with zero attached hydrogens (tertiary/aromatic N) is 2. The number of anilines is 2. The molecule has 1 fully saturated rings. The number of rotatable bonds is 4. The van der Waals surface area contributed by atoms with Gasteiger partial charge in [-0.15, -0.1) is 0 Å². The van der Waals surface area contributed by atoms with E-state index in [0.29, 0.717) is 24.5 Å². The molecule has 0 bridgehead atoms. The van der Waals surface area contributed by atoms with E-state index in [2.05, 4.69) is 15.5 Å². The van der Waals surface area contributed by atoms with E-state index in [0.717, 1.165) is 30.9 Å². The Morgan fingerprint density at radius 1 is 1.18 bits per heavy atom. The lowest BCUT2D eigenvalue weighted by Crippen LogP contribution is -2.51. The van der Waals surface area contributed by atoms with Gasteiger partial charge in [0.15, 0.2) is 5.11 Å². The second kappa shape index (κ2) is 9.56. The number of nitrogens with one attached hydrogen (secondary N) is 2. The molecule has 2 rings (SSSR count). The summed E-state index contributed by atoms with van der Waals surface area (Å²) in [5.41, 5.74) is 1.28. The molecule has 28 heavy (non-hydrogen) atoms. The molecule has 0 radical (unpaired) electrons. The van der Waals surface area contributed by atoms with Crippen LogP contribution in [0.4, 0.5) is 11.4 Å². The number of benzene rings is 1. The molecule has 1 aliphatic heterocycles. The van der Waals surface area contributed by atoms with Gasteiger partial charge >= 0.3 is 0 Å². The average molecular weight is 425 g/mol. The van der Waals surface area contributed by atoms with Crippen molar-refractivity contribution in [1.82, 2.24) is 10.2 Å². The highest BCUT2D eigenvalue weighted by atomic mass is 35.5. The van der Waals surface area contributed by atoms with Crippen LogP contribution in [0.5, 0.6) is 0 Å². The van der Waals surface area contributed by atoms with E-state index >= 15 is 0 Å². The van der Waals surface area contributed by atoms with Gasteiger partial charge < -0.3 is 20.4 Å². The Hall–Kier alpha value is -1.86. The van der Waals surface area contributed by atoms with Gasteiger partial charge in [-0.05, 0) is 36.8 Å². The Morgan fingerprint density at radius 3 is 2.36 bits per heavy atom. The van der Waals surface area contributed by atoms with Crippen LogP contribution in [-0.4, -0.2) is 48.0 Å². The van der Waals surface area contributed by atoms with Crippen molar-refractivity contribution in [2.45, 2.75) is 40.5 Å². The molecular formula is C20H29ClN4O2S. The normalized spacial score (nSPS) is 14.6. The van der Waals surface area contributed by atoms with Gasteiger partial charge in [0.25, 0.3) is 0 Å². The number of halogens is 1. The van der Waals surface area contributed by atoms with E-state index < -0.39 is 0 Å². The van der Waals surface area contributed by atoms with E-state index in [1.165, 1.54) is 0 Å². The third-order valence-corrected chi connectivity index (χ3v) is 4.99. The molecule has 0 saturated carbocycles. The van der Waals surface area contributed by atoms with Gasteiger partial charge in [-0.25, -0.2) is 0 Å². The zero-order valence-corrected chi connectivity index (χ0v) is 18.5. The van der Waals surface area contributed by atoms with Crippen LogP contribution in [0.25, 0.3) is 0 Å². The number of carbonyl (C=O) groups is 2. The fraction of sp³-hybridized carbons (Fsp3) is 0.550. The van der Waals surface area contributed by atoms with Crippen LogP contribution in [0.2, 0.25) is 5.02 Å². The lowest BCUT2D eigenvalue weighted by Gasteiger charge is -2.39. The van der Waals surface area contributed by atoms with Gasteiger partial charge in [0.05, 0.1) is 10.7 Å². The number of hydrogen-bond donors (Lipinski definition) is 2. The fourth-order valence-electron chi connectivity index (χ4n) is 3.04. The van der Waals surface area contributed by atoms with Gasteiger partial charge in [-0.1, -0.05) is 39.3 Å². The van der Waals surface area contributed by atoms with Crippen molar-refractivity contribution in [2.24, 2.45) is 5.41 Å². The molecule has 2 N–H and O–H groups in total. The van der Waals surface area contributed by atoms with Crippen LogP contribution < -0.4 is 15.5 Å². The smallest absolute Gasteiger partial charge is 0.228 e. The Labute approximate surface area is 177 Å². The molecule has 0 unspecified atom stereocenters. The molecule has 154 valence electrons. The van der Waals surface area contributed by atoms with Gasteiger partial charge in [-0.3, -0.25) is 9.59 Å². The average Bonchev–Trinajstić information content (AvgIpc) is 2.60. The maximum Gasteiger partial charge on any atom is 0.228 e. The van der Waals surface area contributed by atoms with Crippen LogP contribution in [0.15, 0.2) is 18.2 Å². The molecule has 2 amide bonds. The lowest BCUT2D eigenvalue weighted by atomic mass is 9.94. The van der Waals surface area contributed by atoms with Crippen LogP contribution in [0.1, 0.15) is 40.5 Å². The molecule has 0 spiro atoms. The molecule has 0 atom stereocenters. The molecule has 1 heterocycles. The highest BCUT2D eigenvalue weighted by Crippen LogP contribution is 2.30. The summed E-state index contributed by atoms with van der Waals surface area (Å²) in [4.78, 5) is 28.1. The molecule has 0 aromatic heterocycles. The molecule has 1 aliphatic rings. The number of hydrogen-bond acceptors (Lipinski definition) is 4. The number of amides is 2. The number of piperazine rings is 1. The van der Waals surface area contributed by atoms with Crippen molar-refractivity contribution in [3.63, 3.8) is 0 Å². The Kier molecular flexibility index (Phi) is 7.66. The first-order valence-corrected chi connectivity index (χ1v) is 10.3. The monoisotopic (exact) mass is 424 g/mol. The van der Waals surface area contributed by atoms with Crippen molar-refractivity contribution in [3.05, 3.63) is 23.2 Å². The Bertz CT molecular complexity index is 740. The summed E-state index contributed by atoms with van der Waals surface area (Å²) in [5.74, 6) is 0.0711. The molecule has 6 nitrogen and oxygen atoms in total.